The molecule has 2 aromatic carbocycles. The van der Waals surface area contributed by atoms with Crippen LogP contribution in [0, 0.1) is 20.8 Å². The molecule has 0 amide bonds. The van der Waals surface area contributed by atoms with E-state index in [2.05, 4.69) is 20.7 Å². The summed E-state index contributed by atoms with van der Waals surface area (Å²) in [7, 11) is -3.72. The molecule has 0 spiro atoms. The number of halogens is 1. The largest absolute Gasteiger partial charge is 0.507 e. The lowest BCUT2D eigenvalue weighted by atomic mass is 10.1. The Labute approximate surface area is 133 Å². The second-order valence-corrected chi connectivity index (χ2v) is 7.45. The van der Waals surface area contributed by atoms with Gasteiger partial charge in [-0.15, -0.1) is 0 Å². The molecular formula is C15H16BrNO3S. The highest BCUT2D eigenvalue weighted by Crippen LogP contribution is 2.31. The number of aryl methyl sites for hydroxylation is 2. The summed E-state index contributed by atoms with van der Waals surface area (Å²) in [6.45, 7) is 5.32. The third-order valence-electron chi connectivity index (χ3n) is 3.25. The quantitative estimate of drug-likeness (QED) is 0.862. The molecule has 0 unspecified atom stereocenters. The average molecular weight is 370 g/mol. The molecule has 0 radical (unpaired) electrons. The van der Waals surface area contributed by atoms with E-state index in [1.165, 1.54) is 0 Å². The molecule has 0 aliphatic carbocycles. The third-order valence-corrected chi connectivity index (χ3v) is 5.60. The van der Waals surface area contributed by atoms with Crippen LogP contribution in [0.25, 0.3) is 0 Å². The second-order valence-electron chi connectivity index (χ2n) is 4.94. The Morgan fingerprint density at radius 1 is 1.10 bits per heavy atom. The summed E-state index contributed by atoms with van der Waals surface area (Å²) < 4.78 is 27.9. The first-order chi connectivity index (χ1) is 9.72. The van der Waals surface area contributed by atoms with Gasteiger partial charge >= 0.3 is 0 Å². The fraction of sp³-hybridized carbons (Fsp3) is 0.200. The fourth-order valence-corrected chi connectivity index (χ4v) is 4.29. The molecule has 112 valence electrons. The van der Waals surface area contributed by atoms with Crippen molar-refractivity contribution in [2.75, 3.05) is 4.72 Å². The van der Waals surface area contributed by atoms with Crippen LogP contribution in [0.4, 0.5) is 5.69 Å². The van der Waals surface area contributed by atoms with E-state index in [4.69, 9.17) is 0 Å². The van der Waals surface area contributed by atoms with Gasteiger partial charge in [0.15, 0.2) is 0 Å². The van der Waals surface area contributed by atoms with Gasteiger partial charge in [0.2, 0.25) is 0 Å². The van der Waals surface area contributed by atoms with Gasteiger partial charge in [0.25, 0.3) is 10.0 Å². The maximum absolute atomic E-state index is 12.5. The highest BCUT2D eigenvalue weighted by Gasteiger charge is 2.19. The van der Waals surface area contributed by atoms with Gasteiger partial charge in [0, 0.05) is 10.0 Å². The van der Waals surface area contributed by atoms with Gasteiger partial charge in [-0.05, 0) is 66.0 Å². The molecule has 4 nitrogen and oxygen atoms in total. The topological polar surface area (TPSA) is 66.4 Å². The van der Waals surface area contributed by atoms with Crippen molar-refractivity contribution in [3.63, 3.8) is 0 Å². The summed E-state index contributed by atoms with van der Waals surface area (Å²) in [5.74, 6) is 0.0955. The maximum Gasteiger partial charge on any atom is 0.263 e. The lowest BCUT2D eigenvalue weighted by Crippen LogP contribution is -2.14. The summed E-state index contributed by atoms with van der Waals surface area (Å²) in [4.78, 5) is 0.160. The molecule has 2 aromatic rings. The Kier molecular flexibility index (Phi) is 4.30. The predicted molar refractivity (Wildman–Crippen MR) is 87.3 cm³/mol. The van der Waals surface area contributed by atoms with E-state index in [1.54, 1.807) is 44.2 Å². The standard InChI is InChI=1S/C15H16BrNO3S/c1-9-4-7-14(12(16)8-9)21(19,20)17-13-6-5-10(2)15(18)11(13)3/h4-8,17-18H,1-3H3. The molecule has 0 bridgehead atoms. The minimum atomic E-state index is -3.72. The Morgan fingerprint density at radius 2 is 1.76 bits per heavy atom. The van der Waals surface area contributed by atoms with Gasteiger partial charge in [-0.2, -0.15) is 0 Å². The fourth-order valence-electron chi connectivity index (χ4n) is 1.97. The highest BCUT2D eigenvalue weighted by atomic mass is 79.9. The van der Waals surface area contributed by atoms with Crippen LogP contribution >= 0.6 is 15.9 Å². The van der Waals surface area contributed by atoms with Crippen molar-refractivity contribution in [3.8, 4) is 5.75 Å². The number of aromatic hydroxyl groups is 1. The van der Waals surface area contributed by atoms with Crippen molar-refractivity contribution >= 4 is 31.6 Å². The van der Waals surface area contributed by atoms with Crippen molar-refractivity contribution in [1.29, 1.82) is 0 Å². The molecule has 0 saturated heterocycles. The molecule has 0 aromatic heterocycles. The summed E-state index contributed by atoms with van der Waals surface area (Å²) in [5.41, 5.74) is 2.53. The van der Waals surface area contributed by atoms with E-state index in [1.807, 2.05) is 6.92 Å². The first kappa shape index (κ1) is 15.9. The number of hydrogen-bond acceptors (Lipinski definition) is 3. The summed E-state index contributed by atoms with van der Waals surface area (Å²) in [5, 5.41) is 9.90. The maximum atomic E-state index is 12.5. The van der Waals surface area contributed by atoms with E-state index < -0.39 is 10.0 Å². The van der Waals surface area contributed by atoms with Crippen LogP contribution in [0.1, 0.15) is 16.7 Å². The van der Waals surface area contributed by atoms with Crippen LogP contribution in [0.5, 0.6) is 5.75 Å². The van der Waals surface area contributed by atoms with Crippen molar-refractivity contribution in [2.45, 2.75) is 25.7 Å². The molecule has 2 N–H and O–H groups in total. The van der Waals surface area contributed by atoms with Crippen molar-refractivity contribution < 1.29 is 13.5 Å². The number of phenols is 1. The molecule has 0 fully saturated rings. The lowest BCUT2D eigenvalue weighted by molar-refractivity contribution is 0.467. The summed E-state index contributed by atoms with van der Waals surface area (Å²) >= 11 is 3.27. The number of hydrogen-bond donors (Lipinski definition) is 2. The molecular weight excluding hydrogens is 354 g/mol. The Balaban J connectivity index is 2.45. The molecule has 0 aliphatic rings. The van der Waals surface area contributed by atoms with Gasteiger partial charge in [-0.3, -0.25) is 4.72 Å². The van der Waals surface area contributed by atoms with Crippen LogP contribution in [0.3, 0.4) is 0 Å². The van der Waals surface area contributed by atoms with Crippen LogP contribution in [-0.2, 0) is 10.0 Å². The third kappa shape index (κ3) is 3.22. The average Bonchev–Trinajstić information content (AvgIpc) is 2.39. The van der Waals surface area contributed by atoms with Crippen LogP contribution < -0.4 is 4.72 Å². The molecule has 0 saturated carbocycles. The highest BCUT2D eigenvalue weighted by molar-refractivity contribution is 9.10. The molecule has 6 heteroatoms. The van der Waals surface area contributed by atoms with Gasteiger partial charge in [-0.25, -0.2) is 8.42 Å². The van der Waals surface area contributed by atoms with Crippen molar-refractivity contribution in [3.05, 3.63) is 51.5 Å². The number of sulfonamides is 1. The number of rotatable bonds is 3. The van der Waals surface area contributed by atoms with Gasteiger partial charge < -0.3 is 5.11 Å². The second kappa shape index (κ2) is 5.69. The molecule has 0 heterocycles. The number of phenolic OH excluding ortho intramolecular Hbond substituents is 1. The predicted octanol–water partition coefficient (Wildman–Crippen LogP) is 3.88. The molecule has 0 atom stereocenters. The summed E-state index contributed by atoms with van der Waals surface area (Å²) in [6.07, 6.45) is 0. The molecule has 0 aliphatic heterocycles. The van der Waals surface area contributed by atoms with Gasteiger partial charge in [-0.1, -0.05) is 12.1 Å². The zero-order chi connectivity index (χ0) is 15.8. The minimum absolute atomic E-state index is 0.0955. The Bertz CT molecular complexity index is 801. The van der Waals surface area contributed by atoms with E-state index >= 15 is 0 Å². The molecule has 21 heavy (non-hydrogen) atoms. The van der Waals surface area contributed by atoms with Crippen molar-refractivity contribution in [1.82, 2.24) is 0 Å². The van der Waals surface area contributed by atoms with E-state index in [0.29, 0.717) is 21.3 Å². The zero-order valence-electron chi connectivity index (χ0n) is 11.9. The SMILES string of the molecule is Cc1ccc(S(=O)(=O)Nc2ccc(C)c(O)c2C)c(Br)c1. The Hall–Kier alpha value is -1.53. The number of benzene rings is 2. The van der Waals surface area contributed by atoms with E-state index in [-0.39, 0.29) is 10.6 Å². The number of nitrogens with one attached hydrogen (secondary N) is 1. The smallest absolute Gasteiger partial charge is 0.263 e. The van der Waals surface area contributed by atoms with E-state index in [0.717, 1.165) is 5.56 Å². The van der Waals surface area contributed by atoms with E-state index in [9.17, 15) is 13.5 Å². The normalized spacial score (nSPS) is 11.4. The van der Waals surface area contributed by atoms with Crippen LogP contribution in [-0.4, -0.2) is 13.5 Å². The van der Waals surface area contributed by atoms with Crippen LogP contribution in [0.15, 0.2) is 39.7 Å². The summed E-state index contributed by atoms with van der Waals surface area (Å²) in [6, 6.07) is 8.34. The Morgan fingerprint density at radius 3 is 2.38 bits per heavy atom. The first-order valence-corrected chi connectivity index (χ1v) is 8.58. The zero-order valence-corrected chi connectivity index (χ0v) is 14.3. The van der Waals surface area contributed by atoms with Crippen LogP contribution in [0.2, 0.25) is 0 Å². The number of anilines is 1. The monoisotopic (exact) mass is 369 g/mol. The lowest BCUT2D eigenvalue weighted by Gasteiger charge is -2.14. The van der Waals surface area contributed by atoms with Gasteiger partial charge in [0.05, 0.1) is 5.69 Å². The first-order valence-electron chi connectivity index (χ1n) is 6.30. The molecule has 2 rings (SSSR count). The van der Waals surface area contributed by atoms with Gasteiger partial charge in [0.1, 0.15) is 10.6 Å². The van der Waals surface area contributed by atoms with Crippen molar-refractivity contribution in [2.24, 2.45) is 0 Å². The minimum Gasteiger partial charge on any atom is -0.507 e.